The SMILES string of the molecule is C[C@@H]1CCc2c(cc(-c3ccccc3)n2-c2ccc(C(=O)N[C@H]3CCCC[C@H]3C)cc2)C1. The molecule has 2 aromatic carbocycles. The van der Waals surface area contributed by atoms with Crippen molar-refractivity contribution in [2.75, 3.05) is 0 Å². The van der Waals surface area contributed by atoms with Crippen molar-refractivity contribution in [3.05, 3.63) is 77.5 Å². The largest absolute Gasteiger partial charge is 0.349 e. The Morgan fingerprint density at radius 3 is 2.44 bits per heavy atom. The number of benzene rings is 2. The summed E-state index contributed by atoms with van der Waals surface area (Å²) in [5, 5.41) is 3.29. The van der Waals surface area contributed by atoms with E-state index in [4.69, 9.17) is 0 Å². The summed E-state index contributed by atoms with van der Waals surface area (Å²) >= 11 is 0. The average Bonchev–Trinajstić information content (AvgIpc) is 3.20. The van der Waals surface area contributed by atoms with Gasteiger partial charge in [-0.05, 0) is 85.4 Å². The van der Waals surface area contributed by atoms with Crippen LogP contribution in [0.3, 0.4) is 0 Å². The maximum Gasteiger partial charge on any atom is 0.251 e. The number of carbonyl (C=O) groups excluding carboxylic acids is 1. The molecular formula is C29H34N2O. The van der Waals surface area contributed by atoms with Gasteiger partial charge in [-0.3, -0.25) is 4.79 Å². The van der Waals surface area contributed by atoms with Crippen molar-refractivity contribution in [3.8, 4) is 16.9 Å². The molecule has 166 valence electrons. The standard InChI is InChI=1S/C29H34N2O/c1-20-12-17-27-24(18-20)19-28(22-9-4-3-5-10-22)31(27)25-15-13-23(14-16-25)29(32)30-26-11-7-6-8-21(26)2/h3-5,9-10,13-16,19-21,26H,6-8,11-12,17-18H2,1-2H3,(H,30,32)/t20-,21-,26+/m1/s1. The summed E-state index contributed by atoms with van der Waals surface area (Å²) in [6, 6.07) is 21.6. The quantitative estimate of drug-likeness (QED) is 0.502. The first kappa shape index (κ1) is 21.1. The van der Waals surface area contributed by atoms with E-state index in [9.17, 15) is 4.79 Å². The van der Waals surface area contributed by atoms with E-state index in [-0.39, 0.29) is 5.91 Å². The summed E-state index contributed by atoms with van der Waals surface area (Å²) in [7, 11) is 0. The van der Waals surface area contributed by atoms with E-state index in [0.29, 0.717) is 12.0 Å². The Labute approximate surface area is 191 Å². The number of amides is 1. The molecule has 1 fully saturated rings. The predicted octanol–water partition coefficient (Wildman–Crippen LogP) is 6.58. The monoisotopic (exact) mass is 426 g/mol. The lowest BCUT2D eigenvalue weighted by Gasteiger charge is -2.29. The minimum Gasteiger partial charge on any atom is -0.349 e. The molecule has 0 unspecified atom stereocenters. The second-order valence-electron chi connectivity index (χ2n) is 9.94. The van der Waals surface area contributed by atoms with E-state index in [1.807, 2.05) is 12.1 Å². The molecule has 2 aliphatic rings. The Balaban J connectivity index is 1.45. The number of aromatic nitrogens is 1. The van der Waals surface area contributed by atoms with Gasteiger partial charge in [0.05, 0.1) is 5.69 Å². The van der Waals surface area contributed by atoms with Crippen LogP contribution >= 0.6 is 0 Å². The molecule has 0 spiro atoms. The molecule has 1 N–H and O–H groups in total. The van der Waals surface area contributed by atoms with Crippen LogP contribution in [0.2, 0.25) is 0 Å². The van der Waals surface area contributed by atoms with E-state index < -0.39 is 0 Å². The molecule has 1 aromatic heterocycles. The van der Waals surface area contributed by atoms with Gasteiger partial charge in [-0.25, -0.2) is 0 Å². The Bertz CT molecular complexity index is 1080. The number of nitrogens with one attached hydrogen (secondary N) is 1. The molecule has 2 aliphatic carbocycles. The van der Waals surface area contributed by atoms with Gasteiger partial charge >= 0.3 is 0 Å². The van der Waals surface area contributed by atoms with Gasteiger partial charge in [0, 0.05) is 23.0 Å². The number of carbonyl (C=O) groups is 1. The number of hydrogen-bond acceptors (Lipinski definition) is 1. The van der Waals surface area contributed by atoms with Gasteiger partial charge in [-0.2, -0.15) is 0 Å². The van der Waals surface area contributed by atoms with Crippen LogP contribution in [0.25, 0.3) is 16.9 Å². The van der Waals surface area contributed by atoms with Gasteiger partial charge in [0.25, 0.3) is 5.91 Å². The number of rotatable bonds is 4. The highest BCUT2D eigenvalue weighted by Gasteiger charge is 2.25. The highest BCUT2D eigenvalue weighted by molar-refractivity contribution is 5.94. The lowest BCUT2D eigenvalue weighted by molar-refractivity contribution is 0.0910. The summed E-state index contributed by atoms with van der Waals surface area (Å²) < 4.78 is 2.42. The van der Waals surface area contributed by atoms with E-state index >= 15 is 0 Å². The maximum atomic E-state index is 12.9. The fraction of sp³-hybridized carbons (Fsp3) is 0.414. The summed E-state index contributed by atoms with van der Waals surface area (Å²) in [6.45, 7) is 4.61. The zero-order chi connectivity index (χ0) is 22.1. The van der Waals surface area contributed by atoms with Gasteiger partial charge < -0.3 is 9.88 Å². The lowest BCUT2D eigenvalue weighted by Crippen LogP contribution is -2.41. The zero-order valence-electron chi connectivity index (χ0n) is 19.3. The molecule has 1 heterocycles. The fourth-order valence-corrected chi connectivity index (χ4v) is 5.57. The van der Waals surface area contributed by atoms with E-state index in [1.54, 1.807) is 0 Å². The van der Waals surface area contributed by atoms with Crippen molar-refractivity contribution in [1.82, 2.24) is 9.88 Å². The highest BCUT2D eigenvalue weighted by atomic mass is 16.1. The Kier molecular flexibility index (Phi) is 5.91. The average molecular weight is 427 g/mol. The van der Waals surface area contributed by atoms with E-state index in [1.165, 1.54) is 48.2 Å². The Hall–Kier alpha value is -2.81. The Morgan fingerprint density at radius 2 is 1.69 bits per heavy atom. The van der Waals surface area contributed by atoms with Gasteiger partial charge in [0.1, 0.15) is 0 Å². The molecule has 3 nitrogen and oxygen atoms in total. The van der Waals surface area contributed by atoms with Crippen LogP contribution in [-0.2, 0) is 12.8 Å². The molecule has 32 heavy (non-hydrogen) atoms. The first-order valence-corrected chi connectivity index (χ1v) is 12.3. The van der Waals surface area contributed by atoms with Crippen LogP contribution in [0.5, 0.6) is 0 Å². The smallest absolute Gasteiger partial charge is 0.251 e. The molecular weight excluding hydrogens is 392 g/mol. The fourth-order valence-electron chi connectivity index (χ4n) is 5.57. The molecule has 0 radical (unpaired) electrons. The summed E-state index contributed by atoms with van der Waals surface area (Å²) in [5.41, 5.74) is 7.27. The van der Waals surface area contributed by atoms with Gasteiger partial charge in [-0.15, -0.1) is 0 Å². The molecule has 3 atom stereocenters. The van der Waals surface area contributed by atoms with Crippen LogP contribution in [0, 0.1) is 11.8 Å². The predicted molar refractivity (Wildman–Crippen MR) is 131 cm³/mol. The van der Waals surface area contributed by atoms with Crippen LogP contribution in [-0.4, -0.2) is 16.5 Å². The van der Waals surface area contributed by atoms with Crippen LogP contribution in [0.4, 0.5) is 0 Å². The third kappa shape index (κ3) is 4.13. The normalized spacial score (nSPS) is 22.9. The zero-order valence-corrected chi connectivity index (χ0v) is 19.3. The summed E-state index contributed by atoms with van der Waals surface area (Å²) in [4.78, 5) is 12.9. The van der Waals surface area contributed by atoms with Crippen molar-refractivity contribution in [1.29, 1.82) is 0 Å². The molecule has 3 aromatic rings. The van der Waals surface area contributed by atoms with Gasteiger partial charge in [0.2, 0.25) is 0 Å². The molecule has 1 amide bonds. The number of fused-ring (bicyclic) bond motifs is 1. The second-order valence-corrected chi connectivity index (χ2v) is 9.94. The summed E-state index contributed by atoms with van der Waals surface area (Å²) in [6.07, 6.45) is 8.28. The van der Waals surface area contributed by atoms with Crippen molar-refractivity contribution in [2.45, 2.75) is 64.8 Å². The molecule has 3 heteroatoms. The molecule has 0 bridgehead atoms. The minimum atomic E-state index is 0.0574. The Morgan fingerprint density at radius 1 is 0.938 bits per heavy atom. The molecule has 0 aliphatic heterocycles. The van der Waals surface area contributed by atoms with Crippen LogP contribution in [0.1, 0.15) is 67.6 Å². The molecule has 0 saturated heterocycles. The third-order valence-corrected chi connectivity index (χ3v) is 7.52. The van der Waals surface area contributed by atoms with E-state index in [2.05, 4.69) is 72.3 Å². The lowest BCUT2D eigenvalue weighted by atomic mass is 9.86. The molecule has 1 saturated carbocycles. The van der Waals surface area contributed by atoms with Gasteiger partial charge in [0.15, 0.2) is 0 Å². The third-order valence-electron chi connectivity index (χ3n) is 7.52. The summed E-state index contributed by atoms with van der Waals surface area (Å²) in [5.74, 6) is 1.35. The van der Waals surface area contributed by atoms with Crippen LogP contribution < -0.4 is 5.32 Å². The highest BCUT2D eigenvalue weighted by Crippen LogP contribution is 2.35. The van der Waals surface area contributed by atoms with Crippen molar-refractivity contribution >= 4 is 5.91 Å². The van der Waals surface area contributed by atoms with Crippen molar-refractivity contribution in [2.24, 2.45) is 11.8 Å². The maximum absolute atomic E-state index is 12.9. The van der Waals surface area contributed by atoms with E-state index in [0.717, 1.165) is 36.4 Å². The molecule has 5 rings (SSSR count). The van der Waals surface area contributed by atoms with Crippen molar-refractivity contribution < 1.29 is 4.79 Å². The minimum absolute atomic E-state index is 0.0574. The second kappa shape index (κ2) is 8.97. The first-order chi connectivity index (χ1) is 15.6. The number of nitrogens with zero attached hydrogens (tertiary/aromatic N) is 1. The number of hydrogen-bond donors (Lipinski definition) is 1. The first-order valence-electron chi connectivity index (χ1n) is 12.3. The van der Waals surface area contributed by atoms with Crippen LogP contribution in [0.15, 0.2) is 60.7 Å². The van der Waals surface area contributed by atoms with Crippen molar-refractivity contribution in [3.63, 3.8) is 0 Å². The topological polar surface area (TPSA) is 34.0 Å². The van der Waals surface area contributed by atoms with Gasteiger partial charge in [-0.1, -0.05) is 57.0 Å².